The predicted molar refractivity (Wildman–Crippen MR) is 98.9 cm³/mol. The Morgan fingerprint density at radius 1 is 1.16 bits per heavy atom. The fourth-order valence-electron chi connectivity index (χ4n) is 4.01. The van der Waals surface area contributed by atoms with Gasteiger partial charge in [0, 0.05) is 19.6 Å². The molecule has 1 unspecified atom stereocenters. The number of morpholine rings is 1. The lowest BCUT2D eigenvalue weighted by molar-refractivity contribution is -0.0439. The van der Waals surface area contributed by atoms with E-state index in [1.165, 1.54) is 45.6 Å². The molecule has 1 N–H and O–H groups in total. The Bertz CT molecular complexity index is 639. The first-order valence-corrected chi connectivity index (χ1v) is 10.9. The second-order valence-corrected chi connectivity index (χ2v) is 9.21. The fraction of sp³-hybridized carbons (Fsp3) is 0.684. The van der Waals surface area contributed by atoms with E-state index in [0.717, 1.165) is 37.7 Å². The summed E-state index contributed by atoms with van der Waals surface area (Å²) in [7, 11) is -1.92. The number of benzene rings is 1. The summed E-state index contributed by atoms with van der Waals surface area (Å²) in [5.41, 5.74) is 1.15. The first-order chi connectivity index (χ1) is 12.1. The van der Waals surface area contributed by atoms with E-state index in [4.69, 9.17) is 4.74 Å². The lowest BCUT2D eigenvalue weighted by Gasteiger charge is -2.35. The molecule has 1 saturated carbocycles. The molecule has 0 aromatic heterocycles. The summed E-state index contributed by atoms with van der Waals surface area (Å²) in [4.78, 5) is 2.74. The molecule has 0 radical (unpaired) electrons. The van der Waals surface area contributed by atoms with Crippen LogP contribution < -0.4 is 4.72 Å². The van der Waals surface area contributed by atoms with E-state index in [1.54, 1.807) is 12.1 Å². The smallest absolute Gasteiger partial charge is 0.240 e. The summed E-state index contributed by atoms with van der Waals surface area (Å²) >= 11 is 0. The van der Waals surface area contributed by atoms with Crippen molar-refractivity contribution in [2.45, 2.75) is 56.1 Å². The Morgan fingerprint density at radius 2 is 1.88 bits per heavy atom. The van der Waals surface area contributed by atoms with Crippen LogP contribution in [0.2, 0.25) is 0 Å². The molecule has 25 heavy (non-hydrogen) atoms. The van der Waals surface area contributed by atoms with Crippen LogP contribution in [0.1, 0.15) is 44.1 Å². The Hall–Kier alpha value is -0.950. The molecule has 6 heteroatoms. The van der Waals surface area contributed by atoms with Crippen molar-refractivity contribution in [2.75, 3.05) is 26.7 Å². The van der Waals surface area contributed by atoms with Gasteiger partial charge in [-0.05, 0) is 37.1 Å². The number of hydrogen-bond acceptors (Lipinski definition) is 4. The Morgan fingerprint density at radius 3 is 2.56 bits per heavy atom. The van der Waals surface area contributed by atoms with Crippen LogP contribution in [0.25, 0.3) is 0 Å². The van der Waals surface area contributed by atoms with Gasteiger partial charge in [-0.3, -0.25) is 4.90 Å². The van der Waals surface area contributed by atoms with E-state index in [0.29, 0.717) is 11.0 Å². The minimum Gasteiger partial charge on any atom is -0.376 e. The van der Waals surface area contributed by atoms with Crippen LogP contribution in [0, 0.1) is 5.92 Å². The Kier molecular flexibility index (Phi) is 6.49. The van der Waals surface area contributed by atoms with Crippen molar-refractivity contribution in [3.8, 4) is 0 Å². The standard InChI is InChI=1S/C19H30N2O3S/c1-20-25(22,23)19-9-7-17(8-10-19)14-21-11-12-24-18(15-21)13-16-5-3-2-4-6-16/h7-10,16,18,20H,2-6,11-15H2,1H3. The number of rotatable bonds is 6. The van der Waals surface area contributed by atoms with Crippen LogP contribution in [0.3, 0.4) is 0 Å². The maximum atomic E-state index is 11.8. The number of nitrogens with zero attached hydrogens (tertiary/aromatic N) is 1. The van der Waals surface area contributed by atoms with Crippen molar-refractivity contribution in [3.05, 3.63) is 29.8 Å². The molecule has 1 aliphatic carbocycles. The molecule has 0 bridgehead atoms. The lowest BCUT2D eigenvalue weighted by atomic mass is 9.85. The molecule has 0 spiro atoms. The average Bonchev–Trinajstić information content (AvgIpc) is 2.63. The van der Waals surface area contributed by atoms with Crippen LogP contribution in [-0.2, 0) is 21.3 Å². The SMILES string of the molecule is CNS(=O)(=O)c1ccc(CN2CCOC(CC3CCCCC3)C2)cc1. The average molecular weight is 367 g/mol. The van der Waals surface area contributed by atoms with Gasteiger partial charge in [0.1, 0.15) is 0 Å². The quantitative estimate of drug-likeness (QED) is 0.841. The van der Waals surface area contributed by atoms with Gasteiger partial charge in [0.2, 0.25) is 10.0 Å². The van der Waals surface area contributed by atoms with Gasteiger partial charge in [-0.15, -0.1) is 0 Å². The van der Waals surface area contributed by atoms with E-state index in [2.05, 4.69) is 9.62 Å². The van der Waals surface area contributed by atoms with Crippen molar-refractivity contribution in [2.24, 2.45) is 5.92 Å². The molecule has 0 amide bonds. The lowest BCUT2D eigenvalue weighted by Crippen LogP contribution is -2.42. The van der Waals surface area contributed by atoms with Crippen molar-refractivity contribution < 1.29 is 13.2 Å². The third kappa shape index (κ3) is 5.26. The zero-order valence-corrected chi connectivity index (χ0v) is 15.9. The maximum absolute atomic E-state index is 11.8. The van der Waals surface area contributed by atoms with Crippen LogP contribution in [-0.4, -0.2) is 46.2 Å². The molecule has 3 rings (SSSR count). The summed E-state index contributed by atoms with van der Waals surface area (Å²) in [5, 5.41) is 0. The highest BCUT2D eigenvalue weighted by Gasteiger charge is 2.25. The molecular weight excluding hydrogens is 336 g/mol. The molecule has 5 nitrogen and oxygen atoms in total. The minimum atomic E-state index is -3.36. The maximum Gasteiger partial charge on any atom is 0.240 e. The van der Waals surface area contributed by atoms with Crippen molar-refractivity contribution in [1.82, 2.24) is 9.62 Å². The molecule has 1 aromatic rings. The topological polar surface area (TPSA) is 58.6 Å². The van der Waals surface area contributed by atoms with Crippen LogP contribution in [0.15, 0.2) is 29.2 Å². The summed E-state index contributed by atoms with van der Waals surface area (Å²) < 4.78 is 31.9. The van der Waals surface area contributed by atoms with Gasteiger partial charge in [-0.1, -0.05) is 44.2 Å². The first-order valence-electron chi connectivity index (χ1n) is 9.43. The normalized spacial score (nSPS) is 23.6. The van der Waals surface area contributed by atoms with E-state index in [-0.39, 0.29) is 0 Å². The number of sulfonamides is 1. The van der Waals surface area contributed by atoms with E-state index < -0.39 is 10.0 Å². The van der Waals surface area contributed by atoms with Crippen LogP contribution in [0.5, 0.6) is 0 Å². The highest BCUT2D eigenvalue weighted by Crippen LogP contribution is 2.29. The number of nitrogens with one attached hydrogen (secondary N) is 1. The predicted octanol–water partition coefficient (Wildman–Crippen LogP) is 2.77. The van der Waals surface area contributed by atoms with Crippen molar-refractivity contribution >= 4 is 10.0 Å². The highest BCUT2D eigenvalue weighted by molar-refractivity contribution is 7.89. The number of ether oxygens (including phenoxy) is 1. The van der Waals surface area contributed by atoms with E-state index in [9.17, 15) is 8.42 Å². The summed E-state index contributed by atoms with van der Waals surface area (Å²) in [6.07, 6.45) is 8.42. The molecular formula is C19H30N2O3S. The van der Waals surface area contributed by atoms with Gasteiger partial charge >= 0.3 is 0 Å². The zero-order valence-electron chi connectivity index (χ0n) is 15.1. The third-order valence-electron chi connectivity index (χ3n) is 5.45. The van der Waals surface area contributed by atoms with Crippen LogP contribution >= 0.6 is 0 Å². The van der Waals surface area contributed by atoms with Gasteiger partial charge in [0.15, 0.2) is 0 Å². The fourth-order valence-corrected chi connectivity index (χ4v) is 4.74. The summed E-state index contributed by atoms with van der Waals surface area (Å²) in [5.74, 6) is 0.838. The van der Waals surface area contributed by atoms with Gasteiger partial charge < -0.3 is 4.74 Å². The molecule has 1 atom stereocenters. The second-order valence-electron chi connectivity index (χ2n) is 7.32. The van der Waals surface area contributed by atoms with Gasteiger partial charge in [0.25, 0.3) is 0 Å². The molecule has 2 aliphatic rings. The zero-order chi connectivity index (χ0) is 17.7. The summed E-state index contributed by atoms with van der Waals surface area (Å²) in [6, 6.07) is 7.19. The van der Waals surface area contributed by atoms with Crippen LogP contribution in [0.4, 0.5) is 0 Å². The highest BCUT2D eigenvalue weighted by atomic mass is 32.2. The first kappa shape index (κ1) is 18.8. The molecule has 1 aliphatic heterocycles. The van der Waals surface area contributed by atoms with E-state index >= 15 is 0 Å². The van der Waals surface area contributed by atoms with Gasteiger partial charge in [0.05, 0.1) is 17.6 Å². The third-order valence-corrected chi connectivity index (χ3v) is 6.88. The Labute approximate surface area is 151 Å². The molecule has 1 aromatic carbocycles. The molecule has 2 fully saturated rings. The van der Waals surface area contributed by atoms with Crippen molar-refractivity contribution in [3.63, 3.8) is 0 Å². The molecule has 1 saturated heterocycles. The van der Waals surface area contributed by atoms with E-state index in [1.807, 2.05) is 12.1 Å². The monoisotopic (exact) mass is 366 g/mol. The van der Waals surface area contributed by atoms with Gasteiger partial charge in [-0.2, -0.15) is 0 Å². The number of hydrogen-bond donors (Lipinski definition) is 1. The second kappa shape index (κ2) is 8.62. The largest absolute Gasteiger partial charge is 0.376 e. The molecule has 140 valence electrons. The minimum absolute atomic E-state index is 0.316. The Balaban J connectivity index is 1.53. The molecule has 1 heterocycles. The summed E-state index contributed by atoms with van der Waals surface area (Å²) in [6.45, 7) is 3.57. The van der Waals surface area contributed by atoms with Crippen molar-refractivity contribution in [1.29, 1.82) is 0 Å². The van der Waals surface area contributed by atoms with Gasteiger partial charge in [-0.25, -0.2) is 13.1 Å².